The number of amides is 1. The average molecular weight is 325 g/mol. The quantitative estimate of drug-likeness (QED) is 0.721. The van der Waals surface area contributed by atoms with Gasteiger partial charge in [0.1, 0.15) is 5.66 Å². The summed E-state index contributed by atoms with van der Waals surface area (Å²) < 4.78 is 23.6. The maximum absolute atomic E-state index is 12.9. The maximum atomic E-state index is 12.9. The summed E-state index contributed by atoms with van der Waals surface area (Å²) in [7, 11) is -3.38. The minimum absolute atomic E-state index is 0.125. The van der Waals surface area contributed by atoms with Crippen molar-refractivity contribution in [3.63, 3.8) is 0 Å². The summed E-state index contributed by atoms with van der Waals surface area (Å²) in [6.07, 6.45) is 1.37. The molecule has 1 aliphatic rings. The highest BCUT2D eigenvalue weighted by atomic mass is 31.2. The van der Waals surface area contributed by atoms with Crippen LogP contribution < -0.4 is 0 Å². The van der Waals surface area contributed by atoms with E-state index in [1.807, 2.05) is 30.3 Å². The second-order valence-electron chi connectivity index (χ2n) is 5.28. The summed E-state index contributed by atoms with van der Waals surface area (Å²) in [6, 6.07) is 9.82. The number of rotatable bonds is 7. The number of carbonyl (C=O) groups is 1. The maximum Gasteiger partial charge on any atom is 0.343 e. The number of carbonyl (C=O) groups excluding carboxylic acids is 1. The van der Waals surface area contributed by atoms with Gasteiger partial charge in [0.25, 0.3) is 0 Å². The third-order valence-corrected chi connectivity index (χ3v) is 6.20. The molecule has 0 saturated carbocycles. The molecule has 0 radical (unpaired) electrons. The van der Waals surface area contributed by atoms with Crippen molar-refractivity contribution in [2.75, 3.05) is 19.8 Å². The Hall–Kier alpha value is -1.16. The van der Waals surface area contributed by atoms with E-state index in [4.69, 9.17) is 9.05 Å². The Kier molecular flexibility index (Phi) is 6.18. The minimum Gasteiger partial charge on any atom is -0.338 e. The van der Waals surface area contributed by atoms with Gasteiger partial charge >= 0.3 is 7.60 Å². The Bertz CT molecular complexity index is 524. The van der Waals surface area contributed by atoms with E-state index in [1.54, 1.807) is 18.7 Å². The zero-order valence-corrected chi connectivity index (χ0v) is 14.1. The van der Waals surface area contributed by atoms with E-state index in [1.165, 1.54) is 0 Å². The molecule has 22 heavy (non-hydrogen) atoms. The zero-order valence-electron chi connectivity index (χ0n) is 13.2. The van der Waals surface area contributed by atoms with Crippen molar-refractivity contribution in [3.05, 3.63) is 35.9 Å². The van der Waals surface area contributed by atoms with Crippen LogP contribution in [0, 0.1) is 0 Å². The Labute approximate surface area is 132 Å². The van der Waals surface area contributed by atoms with E-state index < -0.39 is 13.3 Å². The highest BCUT2D eigenvalue weighted by Crippen LogP contribution is 2.55. The molecule has 122 valence electrons. The smallest absolute Gasteiger partial charge is 0.338 e. The first-order valence-corrected chi connectivity index (χ1v) is 9.43. The van der Waals surface area contributed by atoms with Crippen molar-refractivity contribution >= 4 is 13.5 Å². The van der Waals surface area contributed by atoms with Crippen LogP contribution in [0.5, 0.6) is 0 Å². The van der Waals surface area contributed by atoms with Gasteiger partial charge < -0.3 is 13.9 Å². The summed E-state index contributed by atoms with van der Waals surface area (Å²) in [5.41, 5.74) is 0.393. The van der Waals surface area contributed by atoms with Crippen molar-refractivity contribution in [2.45, 2.75) is 38.9 Å². The van der Waals surface area contributed by atoms with Gasteiger partial charge in [-0.05, 0) is 32.3 Å². The predicted octanol–water partition coefficient (Wildman–Crippen LogP) is 3.44. The Morgan fingerprint density at radius 3 is 2.41 bits per heavy atom. The fraction of sp³-hybridized carbons (Fsp3) is 0.562. The largest absolute Gasteiger partial charge is 0.343 e. The predicted molar refractivity (Wildman–Crippen MR) is 85.7 cm³/mol. The van der Waals surface area contributed by atoms with E-state index in [0.717, 1.165) is 12.0 Å². The summed E-state index contributed by atoms with van der Waals surface area (Å²) in [5, 5.41) is 0. The molecule has 5 nitrogen and oxygen atoms in total. The lowest BCUT2D eigenvalue weighted by Crippen LogP contribution is -2.44. The van der Waals surface area contributed by atoms with Crippen molar-refractivity contribution in [1.82, 2.24) is 4.90 Å². The molecule has 1 unspecified atom stereocenters. The normalized spacial score (nSPS) is 19.5. The molecule has 1 aromatic rings. The van der Waals surface area contributed by atoms with Gasteiger partial charge in [-0.15, -0.1) is 0 Å². The second-order valence-corrected chi connectivity index (χ2v) is 7.50. The number of hydrogen-bond donors (Lipinski definition) is 0. The van der Waals surface area contributed by atoms with Crippen LogP contribution in [0.2, 0.25) is 0 Å². The van der Waals surface area contributed by atoms with E-state index in [0.29, 0.717) is 19.5 Å². The van der Waals surface area contributed by atoms with Gasteiger partial charge in [0, 0.05) is 13.1 Å². The van der Waals surface area contributed by atoms with Crippen LogP contribution in [0.15, 0.2) is 30.3 Å². The third-order valence-electron chi connectivity index (χ3n) is 3.72. The van der Waals surface area contributed by atoms with E-state index >= 15 is 0 Å². The molecule has 0 aromatic heterocycles. The third kappa shape index (κ3) is 3.97. The monoisotopic (exact) mass is 325 g/mol. The summed E-state index contributed by atoms with van der Waals surface area (Å²) in [4.78, 5) is 14.5. The molecule has 1 aliphatic heterocycles. The molecule has 0 spiro atoms. The minimum atomic E-state index is -3.38. The molecule has 0 bridgehead atoms. The van der Waals surface area contributed by atoms with Crippen molar-refractivity contribution in [1.29, 1.82) is 0 Å². The van der Waals surface area contributed by atoms with Crippen LogP contribution in [0.3, 0.4) is 0 Å². The number of hydrogen-bond acceptors (Lipinski definition) is 4. The number of benzene rings is 1. The van der Waals surface area contributed by atoms with Crippen LogP contribution >= 0.6 is 7.60 Å². The van der Waals surface area contributed by atoms with Crippen molar-refractivity contribution < 1.29 is 18.4 Å². The zero-order chi connectivity index (χ0) is 16.0. The fourth-order valence-corrected chi connectivity index (χ4v) is 4.84. The number of nitrogens with zero attached hydrogens (tertiary/aromatic N) is 1. The van der Waals surface area contributed by atoms with E-state index in [2.05, 4.69) is 0 Å². The number of piperidine rings is 1. The average Bonchev–Trinajstić information content (AvgIpc) is 2.51. The highest BCUT2D eigenvalue weighted by molar-refractivity contribution is 7.55. The molecule has 1 amide bonds. The fourth-order valence-electron chi connectivity index (χ4n) is 2.75. The van der Waals surface area contributed by atoms with Crippen LogP contribution in [-0.4, -0.2) is 36.2 Å². The first-order chi connectivity index (χ1) is 10.6. The molecule has 1 saturated heterocycles. The summed E-state index contributed by atoms with van der Waals surface area (Å²) in [6.45, 7) is 5.30. The lowest BCUT2D eigenvalue weighted by Gasteiger charge is -2.35. The summed E-state index contributed by atoms with van der Waals surface area (Å²) in [5.74, 6) is -0.125. The van der Waals surface area contributed by atoms with Gasteiger partial charge in [0.2, 0.25) is 5.91 Å². The SMILES string of the molecule is CCOP(=O)(OCC)C1CCCN(Cc2ccccc2)C1=O. The molecule has 1 heterocycles. The van der Waals surface area contributed by atoms with E-state index in [-0.39, 0.29) is 19.1 Å². The van der Waals surface area contributed by atoms with Gasteiger partial charge in [-0.25, -0.2) is 0 Å². The molecular weight excluding hydrogens is 301 g/mol. The summed E-state index contributed by atoms with van der Waals surface area (Å²) >= 11 is 0. The number of likely N-dealkylation sites (tertiary alicyclic amines) is 1. The Morgan fingerprint density at radius 2 is 1.82 bits per heavy atom. The first-order valence-electron chi connectivity index (χ1n) is 7.82. The molecule has 6 heteroatoms. The van der Waals surface area contributed by atoms with Crippen molar-refractivity contribution in [2.24, 2.45) is 0 Å². The Morgan fingerprint density at radius 1 is 1.18 bits per heavy atom. The van der Waals surface area contributed by atoms with Crippen molar-refractivity contribution in [3.8, 4) is 0 Å². The van der Waals surface area contributed by atoms with Gasteiger partial charge in [-0.3, -0.25) is 9.36 Å². The second kappa shape index (κ2) is 7.91. The lowest BCUT2D eigenvalue weighted by molar-refractivity contribution is -0.133. The molecule has 0 N–H and O–H groups in total. The topological polar surface area (TPSA) is 55.8 Å². The molecule has 1 aromatic carbocycles. The van der Waals surface area contributed by atoms with Crippen LogP contribution in [-0.2, 0) is 25.0 Å². The first kappa shape index (κ1) is 17.2. The van der Waals surface area contributed by atoms with E-state index in [9.17, 15) is 9.36 Å². The molecular formula is C16H24NO4P. The van der Waals surface area contributed by atoms with Gasteiger partial charge in [-0.2, -0.15) is 0 Å². The Balaban J connectivity index is 2.13. The molecule has 1 atom stereocenters. The molecule has 0 aliphatic carbocycles. The molecule has 2 rings (SSSR count). The van der Waals surface area contributed by atoms with Gasteiger partial charge in [0.05, 0.1) is 13.2 Å². The highest BCUT2D eigenvalue weighted by Gasteiger charge is 2.44. The lowest BCUT2D eigenvalue weighted by atomic mass is 10.1. The molecule has 1 fully saturated rings. The van der Waals surface area contributed by atoms with Gasteiger partial charge in [0.15, 0.2) is 0 Å². The van der Waals surface area contributed by atoms with Gasteiger partial charge in [-0.1, -0.05) is 30.3 Å². The van der Waals surface area contributed by atoms with Crippen LogP contribution in [0.4, 0.5) is 0 Å². The standard InChI is InChI=1S/C16H24NO4P/c1-3-20-22(19,21-4-2)15-11-8-12-17(16(15)18)13-14-9-6-5-7-10-14/h5-7,9-10,15H,3-4,8,11-13H2,1-2H3. The van der Waals surface area contributed by atoms with Crippen LogP contribution in [0.1, 0.15) is 32.3 Å². The van der Waals surface area contributed by atoms with Crippen LogP contribution in [0.25, 0.3) is 0 Å².